The molecule has 1 amide bonds. The predicted molar refractivity (Wildman–Crippen MR) is 127 cm³/mol. The summed E-state index contributed by atoms with van der Waals surface area (Å²) in [5.74, 6) is 1.43. The van der Waals surface area contributed by atoms with E-state index in [4.69, 9.17) is 10.5 Å². The standard InChI is InChI=1S/C19H24N6O2S.HI/c20-18(24-7-9-25(10-8-24)19-22-6-12-28-19)21-5-11-27-15-2-3-16-14(13-15)1-4-17(26)23-16;/h2-3,6,12-13H,1,4-5,7-11H2,(H2,20,21)(H,23,26);1H. The fourth-order valence-electron chi connectivity index (χ4n) is 3.37. The lowest BCUT2D eigenvalue weighted by atomic mass is 10.0. The summed E-state index contributed by atoms with van der Waals surface area (Å²) < 4.78 is 5.79. The van der Waals surface area contributed by atoms with Gasteiger partial charge in [-0.15, -0.1) is 35.3 Å². The average molecular weight is 528 g/mol. The van der Waals surface area contributed by atoms with Gasteiger partial charge in [-0.1, -0.05) is 0 Å². The highest BCUT2D eigenvalue weighted by Crippen LogP contribution is 2.26. The van der Waals surface area contributed by atoms with E-state index in [0.717, 1.165) is 54.7 Å². The molecule has 2 aliphatic heterocycles. The van der Waals surface area contributed by atoms with Crippen LogP contribution in [0.3, 0.4) is 0 Å². The summed E-state index contributed by atoms with van der Waals surface area (Å²) in [5, 5.41) is 5.93. The highest BCUT2D eigenvalue weighted by Gasteiger charge is 2.19. The number of halogens is 1. The Morgan fingerprint density at radius 2 is 2.10 bits per heavy atom. The van der Waals surface area contributed by atoms with Crippen LogP contribution >= 0.6 is 35.3 Å². The van der Waals surface area contributed by atoms with E-state index in [1.165, 1.54) is 0 Å². The van der Waals surface area contributed by atoms with E-state index >= 15 is 0 Å². The highest BCUT2D eigenvalue weighted by molar-refractivity contribution is 14.0. The second-order valence-electron chi connectivity index (χ2n) is 6.74. The lowest BCUT2D eigenvalue weighted by Gasteiger charge is -2.35. The lowest BCUT2D eigenvalue weighted by molar-refractivity contribution is -0.116. The number of guanidine groups is 1. The van der Waals surface area contributed by atoms with Gasteiger partial charge < -0.3 is 25.6 Å². The first kappa shape index (κ1) is 21.6. The van der Waals surface area contributed by atoms with Gasteiger partial charge in [0.1, 0.15) is 12.4 Å². The number of nitrogens with zero attached hydrogens (tertiary/aromatic N) is 4. The van der Waals surface area contributed by atoms with Crippen LogP contribution in [0, 0.1) is 0 Å². The van der Waals surface area contributed by atoms with Gasteiger partial charge in [0.2, 0.25) is 5.91 Å². The molecule has 1 aromatic carbocycles. The van der Waals surface area contributed by atoms with Crippen molar-refractivity contribution in [1.29, 1.82) is 0 Å². The molecule has 0 aliphatic carbocycles. The number of anilines is 2. The second-order valence-corrected chi connectivity index (χ2v) is 7.62. The van der Waals surface area contributed by atoms with Gasteiger partial charge >= 0.3 is 0 Å². The summed E-state index contributed by atoms with van der Waals surface area (Å²) in [6.45, 7) is 4.44. The molecular weight excluding hydrogens is 503 g/mol. The first-order valence-corrected chi connectivity index (χ1v) is 10.3. The zero-order chi connectivity index (χ0) is 19.3. The molecule has 8 nitrogen and oxygen atoms in total. The number of nitrogens with two attached hydrogens (primary N) is 1. The number of carbonyl (C=O) groups is 1. The number of nitrogens with one attached hydrogen (secondary N) is 1. The number of rotatable bonds is 5. The molecule has 2 aliphatic rings. The van der Waals surface area contributed by atoms with Gasteiger partial charge in [-0.05, 0) is 30.2 Å². The molecule has 4 rings (SSSR count). The summed E-state index contributed by atoms with van der Waals surface area (Å²) in [6, 6.07) is 5.75. The molecule has 0 saturated carbocycles. The number of piperazine rings is 1. The molecule has 0 radical (unpaired) electrons. The molecule has 3 N–H and O–H groups in total. The van der Waals surface area contributed by atoms with E-state index in [1.807, 2.05) is 29.8 Å². The largest absolute Gasteiger partial charge is 0.492 e. The number of ether oxygens (including phenoxy) is 1. The van der Waals surface area contributed by atoms with Crippen LogP contribution in [0.15, 0.2) is 34.8 Å². The van der Waals surface area contributed by atoms with Crippen molar-refractivity contribution in [1.82, 2.24) is 9.88 Å². The van der Waals surface area contributed by atoms with Gasteiger partial charge in [0.15, 0.2) is 11.1 Å². The van der Waals surface area contributed by atoms with Gasteiger partial charge in [0.05, 0.1) is 6.54 Å². The Morgan fingerprint density at radius 1 is 1.28 bits per heavy atom. The molecule has 3 heterocycles. The van der Waals surface area contributed by atoms with E-state index in [0.29, 0.717) is 25.5 Å². The Balaban J connectivity index is 0.00000240. The van der Waals surface area contributed by atoms with Gasteiger partial charge in [-0.2, -0.15) is 0 Å². The van der Waals surface area contributed by atoms with Crippen molar-refractivity contribution in [3.63, 3.8) is 0 Å². The van der Waals surface area contributed by atoms with Crippen molar-refractivity contribution in [2.24, 2.45) is 10.7 Å². The Kier molecular flexibility index (Phi) is 7.53. The number of hydrogen-bond acceptors (Lipinski definition) is 6. The van der Waals surface area contributed by atoms with Gasteiger partial charge in [-0.25, -0.2) is 9.98 Å². The van der Waals surface area contributed by atoms with E-state index in [1.54, 1.807) is 11.3 Å². The van der Waals surface area contributed by atoms with Gasteiger partial charge in [-0.3, -0.25) is 4.79 Å². The van der Waals surface area contributed by atoms with Crippen LogP contribution in [0.2, 0.25) is 0 Å². The summed E-state index contributed by atoms with van der Waals surface area (Å²) in [5.41, 5.74) is 8.13. The topological polar surface area (TPSA) is 96.1 Å². The van der Waals surface area contributed by atoms with Crippen LogP contribution in [-0.2, 0) is 11.2 Å². The summed E-state index contributed by atoms with van der Waals surface area (Å²) in [6.07, 6.45) is 3.10. The molecule has 29 heavy (non-hydrogen) atoms. The molecule has 1 fully saturated rings. The van der Waals surface area contributed by atoms with Crippen LogP contribution in [0.1, 0.15) is 12.0 Å². The minimum Gasteiger partial charge on any atom is -0.492 e. The Hall–Kier alpha value is -2.08. The Bertz CT molecular complexity index is 852. The average Bonchev–Trinajstić information content (AvgIpc) is 3.26. The zero-order valence-electron chi connectivity index (χ0n) is 16.0. The van der Waals surface area contributed by atoms with Crippen LogP contribution in [0.4, 0.5) is 10.8 Å². The number of aryl methyl sites for hydroxylation is 1. The number of aliphatic imine (C=N–C) groups is 1. The fourth-order valence-corrected chi connectivity index (χ4v) is 4.07. The van der Waals surface area contributed by atoms with Gasteiger partial charge in [0, 0.05) is 49.9 Å². The summed E-state index contributed by atoms with van der Waals surface area (Å²) >= 11 is 1.66. The minimum absolute atomic E-state index is 0. The van der Waals surface area contributed by atoms with Crippen molar-refractivity contribution in [3.8, 4) is 5.75 Å². The number of aromatic nitrogens is 1. The number of hydrogen-bond donors (Lipinski definition) is 2. The van der Waals surface area contributed by atoms with Crippen LogP contribution in [0.5, 0.6) is 5.75 Å². The van der Waals surface area contributed by atoms with Crippen LogP contribution in [-0.4, -0.2) is 61.1 Å². The maximum absolute atomic E-state index is 11.4. The number of thiazole rings is 1. The van der Waals surface area contributed by atoms with Crippen molar-refractivity contribution in [2.75, 3.05) is 49.5 Å². The molecule has 0 spiro atoms. The summed E-state index contributed by atoms with van der Waals surface area (Å²) in [7, 11) is 0. The molecule has 10 heteroatoms. The fraction of sp³-hybridized carbons (Fsp3) is 0.421. The molecule has 0 atom stereocenters. The minimum atomic E-state index is 0. The van der Waals surface area contributed by atoms with E-state index in [-0.39, 0.29) is 29.9 Å². The first-order valence-electron chi connectivity index (χ1n) is 9.44. The SMILES string of the molecule is I.NC(=NCCOc1ccc2c(c1)CCC(=O)N2)N1CCN(c2nccs2)CC1. The molecule has 1 saturated heterocycles. The molecule has 0 bridgehead atoms. The normalized spacial score (nSPS) is 16.7. The number of carbonyl (C=O) groups excluding carboxylic acids is 1. The predicted octanol–water partition coefficient (Wildman–Crippen LogP) is 2.16. The highest BCUT2D eigenvalue weighted by atomic mass is 127. The van der Waals surface area contributed by atoms with Crippen molar-refractivity contribution >= 4 is 58.0 Å². The Labute approximate surface area is 191 Å². The second kappa shape index (κ2) is 10.1. The molecule has 156 valence electrons. The lowest BCUT2D eigenvalue weighted by Crippen LogP contribution is -2.51. The monoisotopic (exact) mass is 528 g/mol. The molecule has 2 aromatic rings. The molecule has 1 aromatic heterocycles. The van der Waals surface area contributed by atoms with Crippen LogP contribution in [0.25, 0.3) is 0 Å². The zero-order valence-corrected chi connectivity index (χ0v) is 19.2. The van der Waals surface area contributed by atoms with Crippen molar-refractivity contribution in [2.45, 2.75) is 12.8 Å². The maximum Gasteiger partial charge on any atom is 0.224 e. The third-order valence-electron chi connectivity index (χ3n) is 4.90. The first-order chi connectivity index (χ1) is 13.7. The number of benzene rings is 1. The van der Waals surface area contributed by atoms with E-state index in [9.17, 15) is 4.79 Å². The van der Waals surface area contributed by atoms with Gasteiger partial charge in [0.25, 0.3) is 0 Å². The Morgan fingerprint density at radius 3 is 2.86 bits per heavy atom. The molecule has 0 unspecified atom stereocenters. The molecular formula is C19H25IN6O2S. The van der Waals surface area contributed by atoms with E-state index in [2.05, 4.69) is 25.1 Å². The summed E-state index contributed by atoms with van der Waals surface area (Å²) in [4.78, 5) is 24.6. The van der Waals surface area contributed by atoms with Crippen LogP contribution < -0.4 is 20.7 Å². The van der Waals surface area contributed by atoms with Crippen molar-refractivity contribution < 1.29 is 9.53 Å². The smallest absolute Gasteiger partial charge is 0.224 e. The number of fused-ring (bicyclic) bond motifs is 1. The number of amides is 1. The maximum atomic E-state index is 11.4. The van der Waals surface area contributed by atoms with Crippen molar-refractivity contribution in [3.05, 3.63) is 35.3 Å². The third-order valence-corrected chi connectivity index (χ3v) is 5.73. The quantitative estimate of drug-likeness (QED) is 0.267. The third kappa shape index (κ3) is 5.50. The van der Waals surface area contributed by atoms with E-state index < -0.39 is 0 Å².